The van der Waals surface area contributed by atoms with Gasteiger partial charge in [-0.1, -0.05) is 70.7 Å². The zero-order valence-electron chi connectivity index (χ0n) is 22.3. The summed E-state index contributed by atoms with van der Waals surface area (Å²) in [4.78, 5) is 28.4. The third-order valence-electron chi connectivity index (χ3n) is 5.75. The summed E-state index contributed by atoms with van der Waals surface area (Å²) in [6.07, 6.45) is 0. The number of halogens is 4. The molecule has 7 nitrogen and oxygen atoms in total. The topological polar surface area (TPSA) is 86.8 Å². The van der Waals surface area contributed by atoms with Crippen LogP contribution in [0.3, 0.4) is 0 Å². The van der Waals surface area contributed by atoms with E-state index < -0.39 is 40.0 Å². The Balaban J connectivity index is 2.07. The van der Waals surface area contributed by atoms with Gasteiger partial charge in [-0.3, -0.25) is 13.9 Å². The van der Waals surface area contributed by atoms with E-state index in [0.29, 0.717) is 10.6 Å². The Bertz CT molecular complexity index is 1470. The Hall–Kier alpha value is -2.49. The average Bonchev–Trinajstić information content (AvgIpc) is 2.86. The van der Waals surface area contributed by atoms with E-state index in [2.05, 4.69) is 5.32 Å². The molecule has 0 bridgehead atoms. The number of sulfonamides is 1. The third-order valence-corrected chi connectivity index (χ3v) is 8.71. The maximum atomic E-state index is 14.0. The molecule has 2 amide bonds. The van der Waals surface area contributed by atoms with E-state index in [0.717, 1.165) is 4.31 Å². The van der Waals surface area contributed by atoms with Gasteiger partial charge in [0, 0.05) is 22.1 Å². The van der Waals surface area contributed by atoms with E-state index in [9.17, 15) is 18.0 Å². The molecule has 0 aliphatic heterocycles. The van der Waals surface area contributed by atoms with Gasteiger partial charge in [0.1, 0.15) is 12.6 Å². The molecule has 40 heavy (non-hydrogen) atoms. The molecule has 0 saturated heterocycles. The van der Waals surface area contributed by atoms with Crippen molar-refractivity contribution in [2.24, 2.45) is 0 Å². The van der Waals surface area contributed by atoms with Crippen LogP contribution in [0.1, 0.15) is 33.3 Å². The van der Waals surface area contributed by atoms with Crippen LogP contribution in [0.5, 0.6) is 0 Å². The van der Waals surface area contributed by atoms with E-state index in [1.807, 2.05) is 20.8 Å². The molecule has 0 aliphatic rings. The third kappa shape index (κ3) is 8.27. The largest absolute Gasteiger partial charge is 0.350 e. The van der Waals surface area contributed by atoms with E-state index in [1.165, 1.54) is 35.2 Å². The number of nitrogens with one attached hydrogen (secondary N) is 1. The van der Waals surface area contributed by atoms with Gasteiger partial charge in [-0.15, -0.1) is 0 Å². The van der Waals surface area contributed by atoms with E-state index in [4.69, 9.17) is 46.4 Å². The second kappa shape index (κ2) is 13.0. The first kappa shape index (κ1) is 32.0. The molecule has 0 unspecified atom stereocenters. The van der Waals surface area contributed by atoms with Gasteiger partial charge in [0.15, 0.2) is 0 Å². The monoisotopic (exact) mass is 643 g/mol. The van der Waals surface area contributed by atoms with Crippen LogP contribution in [-0.4, -0.2) is 43.3 Å². The van der Waals surface area contributed by atoms with Crippen molar-refractivity contribution in [1.29, 1.82) is 0 Å². The van der Waals surface area contributed by atoms with Gasteiger partial charge in [-0.05, 0) is 75.7 Å². The summed E-state index contributed by atoms with van der Waals surface area (Å²) in [7, 11) is -4.25. The van der Waals surface area contributed by atoms with Gasteiger partial charge in [0.2, 0.25) is 11.8 Å². The summed E-state index contributed by atoms with van der Waals surface area (Å²) in [5.41, 5.74) is 0.126. The Morgan fingerprint density at radius 1 is 0.875 bits per heavy atom. The normalized spacial score (nSPS) is 12.5. The summed E-state index contributed by atoms with van der Waals surface area (Å²) in [6.45, 7) is 6.36. The highest BCUT2D eigenvalue weighted by Gasteiger charge is 2.33. The number of carbonyl (C=O) groups excluding carboxylic acids is 2. The van der Waals surface area contributed by atoms with Gasteiger partial charge in [-0.2, -0.15) is 0 Å². The minimum Gasteiger partial charge on any atom is -0.350 e. The summed E-state index contributed by atoms with van der Waals surface area (Å²) < 4.78 is 28.5. The van der Waals surface area contributed by atoms with E-state index >= 15 is 0 Å². The molecular weight excluding hydrogens is 616 g/mol. The van der Waals surface area contributed by atoms with E-state index in [1.54, 1.807) is 43.3 Å². The van der Waals surface area contributed by atoms with Crippen molar-refractivity contribution in [2.45, 2.75) is 50.7 Å². The van der Waals surface area contributed by atoms with Crippen molar-refractivity contribution in [2.75, 3.05) is 10.8 Å². The fourth-order valence-corrected chi connectivity index (χ4v) is 6.08. The maximum absolute atomic E-state index is 14.0. The fourth-order valence-electron chi connectivity index (χ4n) is 3.82. The van der Waals surface area contributed by atoms with Crippen molar-refractivity contribution >= 4 is 73.9 Å². The quantitative estimate of drug-likeness (QED) is 0.277. The lowest BCUT2D eigenvalue weighted by Crippen LogP contribution is -2.54. The van der Waals surface area contributed by atoms with Crippen LogP contribution in [-0.2, 0) is 26.2 Å². The number of nitrogens with zero attached hydrogens (tertiary/aromatic N) is 2. The zero-order valence-corrected chi connectivity index (χ0v) is 26.1. The number of carbonyl (C=O) groups is 2. The lowest BCUT2D eigenvalue weighted by molar-refractivity contribution is -0.140. The molecule has 3 aromatic carbocycles. The lowest BCUT2D eigenvalue weighted by atomic mass is 10.1. The molecule has 3 aromatic rings. The zero-order chi connectivity index (χ0) is 29.8. The van der Waals surface area contributed by atoms with E-state index in [-0.39, 0.29) is 32.2 Å². The standard InChI is InChI=1S/C28H29Cl4N3O4S/c1-18(27(37)33-28(2,3)4)34(16-19-10-11-24(31)25(32)12-19)26(36)17-35(22-14-20(29)13-21(30)15-22)40(38,39)23-8-6-5-7-9-23/h5-15,18H,16-17H2,1-4H3,(H,33,37)/t18-/m1/s1. The summed E-state index contributed by atoms with van der Waals surface area (Å²) in [5, 5.41) is 3.86. The highest BCUT2D eigenvalue weighted by molar-refractivity contribution is 7.92. The predicted octanol–water partition coefficient (Wildman–Crippen LogP) is 6.83. The summed E-state index contributed by atoms with van der Waals surface area (Å²) in [5.74, 6) is -1.05. The van der Waals surface area contributed by atoms with Crippen molar-refractivity contribution in [3.8, 4) is 0 Å². The fraction of sp³-hybridized carbons (Fsp3) is 0.286. The molecule has 0 aromatic heterocycles. The number of rotatable bonds is 9. The molecule has 1 N–H and O–H groups in total. The molecule has 0 spiro atoms. The first-order valence-electron chi connectivity index (χ1n) is 12.2. The SMILES string of the molecule is C[C@H](C(=O)NC(C)(C)C)N(Cc1ccc(Cl)c(Cl)c1)C(=O)CN(c1cc(Cl)cc(Cl)c1)S(=O)(=O)c1ccccc1. The van der Waals surface area contributed by atoms with Crippen LogP contribution in [0.4, 0.5) is 5.69 Å². The first-order valence-corrected chi connectivity index (χ1v) is 15.1. The van der Waals surface area contributed by atoms with Gasteiger partial charge in [0.25, 0.3) is 10.0 Å². The van der Waals surface area contributed by atoms with Gasteiger partial charge >= 0.3 is 0 Å². The Morgan fingerprint density at radius 3 is 2.02 bits per heavy atom. The lowest BCUT2D eigenvalue weighted by Gasteiger charge is -2.33. The van der Waals surface area contributed by atoms with Crippen LogP contribution in [0.15, 0.2) is 71.6 Å². The van der Waals surface area contributed by atoms with Crippen molar-refractivity contribution in [3.63, 3.8) is 0 Å². The van der Waals surface area contributed by atoms with Gasteiger partial charge in [0.05, 0.1) is 20.6 Å². The molecule has 0 radical (unpaired) electrons. The number of hydrogen-bond acceptors (Lipinski definition) is 4. The molecule has 1 atom stereocenters. The van der Waals surface area contributed by atoms with Crippen molar-refractivity contribution in [3.05, 3.63) is 92.4 Å². The first-order chi connectivity index (χ1) is 18.6. The van der Waals surface area contributed by atoms with Gasteiger partial charge in [-0.25, -0.2) is 8.42 Å². The molecule has 0 fully saturated rings. The van der Waals surface area contributed by atoms with Crippen LogP contribution >= 0.6 is 46.4 Å². The minimum absolute atomic E-state index is 0.0338. The number of benzene rings is 3. The van der Waals surface area contributed by atoms with Crippen LogP contribution in [0.25, 0.3) is 0 Å². The van der Waals surface area contributed by atoms with Crippen LogP contribution < -0.4 is 9.62 Å². The van der Waals surface area contributed by atoms with Crippen molar-refractivity contribution in [1.82, 2.24) is 10.2 Å². The van der Waals surface area contributed by atoms with Crippen LogP contribution in [0.2, 0.25) is 20.1 Å². The Kier molecular flexibility index (Phi) is 10.4. The summed E-state index contributed by atoms with van der Waals surface area (Å²) >= 11 is 24.7. The second-order valence-electron chi connectivity index (χ2n) is 10.1. The molecule has 214 valence electrons. The highest BCUT2D eigenvalue weighted by atomic mass is 35.5. The molecule has 12 heteroatoms. The summed E-state index contributed by atoms with van der Waals surface area (Å²) in [6, 6.07) is 15.8. The number of anilines is 1. The molecule has 3 rings (SSSR count). The molecule has 0 heterocycles. The minimum atomic E-state index is -4.25. The van der Waals surface area contributed by atoms with Crippen LogP contribution in [0, 0.1) is 0 Å². The number of hydrogen-bond donors (Lipinski definition) is 1. The number of amides is 2. The second-order valence-corrected chi connectivity index (χ2v) is 13.7. The average molecular weight is 645 g/mol. The Labute approximate surface area is 255 Å². The molecular formula is C28H29Cl4N3O4S. The highest BCUT2D eigenvalue weighted by Crippen LogP contribution is 2.30. The maximum Gasteiger partial charge on any atom is 0.264 e. The smallest absolute Gasteiger partial charge is 0.264 e. The molecule has 0 aliphatic carbocycles. The van der Waals surface area contributed by atoms with Crippen molar-refractivity contribution < 1.29 is 18.0 Å². The Morgan fingerprint density at radius 2 is 1.48 bits per heavy atom. The van der Waals surface area contributed by atoms with Gasteiger partial charge < -0.3 is 10.2 Å². The molecule has 0 saturated carbocycles. The predicted molar refractivity (Wildman–Crippen MR) is 162 cm³/mol.